The number of hydrogen-bond donors (Lipinski definition) is 2. The molecule has 11 heteroatoms. The van der Waals surface area contributed by atoms with E-state index in [1.165, 1.54) is 13.4 Å². The standard InChI is InChI=1S/C13H22N5O4PS/c1-5-10(8(2)22-23(19,24)20-4)21-9(3)18-7-17-11-12(14)15-6-16-13(11)18/h6-10H,5H2,1-4H3,(H,19,24)(H2,14,15,16). The second-order valence-electron chi connectivity index (χ2n) is 5.23. The van der Waals surface area contributed by atoms with Crippen LogP contribution in [-0.4, -0.2) is 43.7 Å². The molecule has 0 aliphatic carbocycles. The number of aromatic nitrogens is 4. The van der Waals surface area contributed by atoms with E-state index in [4.69, 9.17) is 31.3 Å². The van der Waals surface area contributed by atoms with Crippen molar-refractivity contribution >= 4 is 35.5 Å². The normalized spacial score (nSPS) is 18.2. The van der Waals surface area contributed by atoms with Crippen LogP contribution in [0.1, 0.15) is 33.4 Å². The molecular weight excluding hydrogens is 353 g/mol. The summed E-state index contributed by atoms with van der Waals surface area (Å²) >= 11 is 4.88. The summed E-state index contributed by atoms with van der Waals surface area (Å²) in [6.07, 6.45) is 2.52. The molecule has 134 valence electrons. The minimum Gasteiger partial charge on any atom is -0.382 e. The van der Waals surface area contributed by atoms with Crippen LogP contribution in [0.25, 0.3) is 11.2 Å². The number of fused-ring (bicyclic) bond motifs is 1. The Morgan fingerprint density at radius 3 is 2.71 bits per heavy atom. The Morgan fingerprint density at radius 1 is 1.38 bits per heavy atom. The van der Waals surface area contributed by atoms with Crippen LogP contribution in [0, 0.1) is 0 Å². The summed E-state index contributed by atoms with van der Waals surface area (Å²) in [5.74, 6) is 0.316. The van der Waals surface area contributed by atoms with Gasteiger partial charge in [0.1, 0.15) is 18.1 Å². The van der Waals surface area contributed by atoms with Crippen molar-refractivity contribution in [1.82, 2.24) is 19.5 Å². The Kier molecular flexibility index (Phi) is 6.24. The van der Waals surface area contributed by atoms with Gasteiger partial charge >= 0.3 is 6.72 Å². The molecule has 0 fully saturated rings. The Morgan fingerprint density at radius 2 is 2.08 bits per heavy atom. The minimum atomic E-state index is -3.25. The molecule has 9 nitrogen and oxygen atoms in total. The number of nitrogens with two attached hydrogens (primary N) is 1. The number of anilines is 1. The van der Waals surface area contributed by atoms with Gasteiger partial charge in [-0.2, -0.15) is 0 Å². The monoisotopic (exact) mass is 375 g/mol. The van der Waals surface area contributed by atoms with Crippen LogP contribution in [0.4, 0.5) is 5.82 Å². The molecule has 0 amide bonds. The quantitative estimate of drug-likeness (QED) is 0.668. The molecule has 0 saturated heterocycles. The highest BCUT2D eigenvalue weighted by Crippen LogP contribution is 2.44. The first-order valence-corrected chi connectivity index (χ1v) is 10.0. The highest BCUT2D eigenvalue weighted by molar-refractivity contribution is 8.07. The highest BCUT2D eigenvalue weighted by atomic mass is 32.5. The molecule has 2 heterocycles. The van der Waals surface area contributed by atoms with E-state index in [2.05, 4.69) is 15.0 Å². The second kappa shape index (κ2) is 7.81. The van der Waals surface area contributed by atoms with Crippen molar-refractivity contribution in [1.29, 1.82) is 0 Å². The van der Waals surface area contributed by atoms with Gasteiger partial charge in [0.2, 0.25) is 0 Å². The van der Waals surface area contributed by atoms with Crippen molar-refractivity contribution in [3.05, 3.63) is 12.7 Å². The zero-order chi connectivity index (χ0) is 17.9. The molecule has 3 N–H and O–H groups in total. The van der Waals surface area contributed by atoms with E-state index in [1.54, 1.807) is 17.8 Å². The molecule has 0 aliphatic heterocycles. The smallest absolute Gasteiger partial charge is 0.324 e. The number of rotatable bonds is 8. The Hall–Kier alpha value is -1.16. The molecular formula is C13H22N5O4PS. The lowest BCUT2D eigenvalue weighted by atomic mass is 10.2. The van der Waals surface area contributed by atoms with Crippen molar-refractivity contribution in [2.24, 2.45) is 0 Å². The van der Waals surface area contributed by atoms with Crippen molar-refractivity contribution in [2.75, 3.05) is 12.8 Å². The predicted octanol–water partition coefficient (Wildman–Crippen LogP) is 1.99. The molecule has 2 rings (SSSR count). The Balaban J connectivity index is 2.15. The summed E-state index contributed by atoms with van der Waals surface area (Å²) in [5, 5.41) is 0. The van der Waals surface area contributed by atoms with Crippen molar-refractivity contribution in [3.8, 4) is 0 Å². The average molecular weight is 375 g/mol. The molecule has 24 heavy (non-hydrogen) atoms. The van der Waals surface area contributed by atoms with Gasteiger partial charge in [-0.05, 0) is 32.1 Å². The zero-order valence-corrected chi connectivity index (χ0v) is 15.7. The molecule has 2 aromatic rings. The first kappa shape index (κ1) is 19.2. The van der Waals surface area contributed by atoms with Crippen molar-refractivity contribution < 1.29 is 18.7 Å². The Bertz CT molecular complexity index is 742. The number of nitrogens with zero attached hydrogens (tertiary/aromatic N) is 4. The third-order valence-corrected chi connectivity index (χ3v) is 5.37. The lowest BCUT2D eigenvalue weighted by Crippen LogP contribution is -2.30. The molecule has 2 aromatic heterocycles. The number of nitrogen functional groups attached to an aromatic ring is 1. The molecule has 0 spiro atoms. The van der Waals surface area contributed by atoms with Gasteiger partial charge in [-0.25, -0.2) is 15.0 Å². The van der Waals surface area contributed by atoms with Crippen LogP contribution in [0.2, 0.25) is 0 Å². The lowest BCUT2D eigenvalue weighted by Gasteiger charge is -2.29. The van der Waals surface area contributed by atoms with E-state index >= 15 is 0 Å². The molecule has 0 saturated carbocycles. The largest absolute Gasteiger partial charge is 0.382 e. The Labute approximate surface area is 145 Å². The summed E-state index contributed by atoms with van der Waals surface area (Å²) < 4.78 is 18.0. The van der Waals surface area contributed by atoms with Gasteiger partial charge in [-0.3, -0.25) is 4.57 Å². The van der Waals surface area contributed by atoms with Crippen LogP contribution in [0.5, 0.6) is 0 Å². The highest BCUT2D eigenvalue weighted by Gasteiger charge is 2.26. The van der Waals surface area contributed by atoms with Crippen LogP contribution < -0.4 is 5.73 Å². The summed E-state index contributed by atoms with van der Waals surface area (Å²) in [6, 6.07) is 0. The van der Waals surface area contributed by atoms with Gasteiger partial charge in [0.15, 0.2) is 11.5 Å². The van der Waals surface area contributed by atoms with Crippen LogP contribution in [0.3, 0.4) is 0 Å². The van der Waals surface area contributed by atoms with Crippen LogP contribution in [0.15, 0.2) is 12.7 Å². The third-order valence-electron chi connectivity index (χ3n) is 3.61. The maximum Gasteiger partial charge on any atom is 0.324 e. The van der Waals surface area contributed by atoms with E-state index in [9.17, 15) is 4.89 Å². The second-order valence-corrected chi connectivity index (χ2v) is 8.12. The zero-order valence-electron chi connectivity index (χ0n) is 14.0. The summed E-state index contributed by atoms with van der Waals surface area (Å²) in [6.45, 7) is 2.35. The van der Waals surface area contributed by atoms with Crippen molar-refractivity contribution in [2.45, 2.75) is 45.6 Å². The number of ether oxygens (including phenoxy) is 1. The van der Waals surface area contributed by atoms with Gasteiger partial charge in [-0.1, -0.05) is 6.92 Å². The summed E-state index contributed by atoms with van der Waals surface area (Å²) in [7, 11) is 1.32. The SMILES string of the molecule is CCC(OC(C)n1cnc2c(N)ncnc21)C(C)OP(O)(=S)OC. The van der Waals surface area contributed by atoms with Gasteiger partial charge in [0, 0.05) is 7.11 Å². The van der Waals surface area contributed by atoms with Crippen LogP contribution >= 0.6 is 6.72 Å². The van der Waals surface area contributed by atoms with E-state index in [0.29, 0.717) is 23.4 Å². The van der Waals surface area contributed by atoms with Gasteiger partial charge in [-0.15, -0.1) is 0 Å². The summed E-state index contributed by atoms with van der Waals surface area (Å²) in [4.78, 5) is 22.1. The van der Waals surface area contributed by atoms with Gasteiger partial charge in [0.05, 0.1) is 18.5 Å². The molecule has 4 atom stereocenters. The summed E-state index contributed by atoms with van der Waals surface area (Å²) in [5.41, 5.74) is 6.90. The molecule has 0 bridgehead atoms. The van der Waals surface area contributed by atoms with E-state index < -0.39 is 12.8 Å². The molecule has 0 aliphatic rings. The maximum atomic E-state index is 9.81. The first-order chi connectivity index (χ1) is 11.3. The first-order valence-electron chi connectivity index (χ1n) is 7.44. The molecule has 4 unspecified atom stereocenters. The predicted molar refractivity (Wildman–Crippen MR) is 93.7 cm³/mol. The molecule has 0 aromatic carbocycles. The van der Waals surface area contributed by atoms with Gasteiger partial charge in [0.25, 0.3) is 0 Å². The maximum absolute atomic E-state index is 9.81. The third kappa shape index (κ3) is 4.27. The molecule has 0 radical (unpaired) electrons. The van der Waals surface area contributed by atoms with E-state index in [1.807, 2.05) is 13.8 Å². The fourth-order valence-corrected chi connectivity index (χ4v) is 3.36. The minimum absolute atomic E-state index is 0.304. The number of imidazole rings is 1. The topological polar surface area (TPSA) is 118 Å². The lowest BCUT2D eigenvalue weighted by molar-refractivity contribution is -0.0881. The van der Waals surface area contributed by atoms with E-state index in [-0.39, 0.29) is 12.3 Å². The van der Waals surface area contributed by atoms with Crippen molar-refractivity contribution in [3.63, 3.8) is 0 Å². The average Bonchev–Trinajstić information content (AvgIpc) is 2.97. The fourth-order valence-electron chi connectivity index (χ4n) is 2.31. The van der Waals surface area contributed by atoms with Crippen LogP contribution in [-0.2, 0) is 25.6 Å². The van der Waals surface area contributed by atoms with E-state index in [0.717, 1.165) is 0 Å². The van der Waals surface area contributed by atoms with Gasteiger partial charge < -0.3 is 24.4 Å². The number of hydrogen-bond acceptors (Lipinski definition) is 8. The fraction of sp³-hybridized carbons (Fsp3) is 0.615.